The molecule has 0 bridgehead atoms. The van der Waals surface area contributed by atoms with Crippen molar-refractivity contribution in [1.29, 1.82) is 0 Å². The van der Waals surface area contributed by atoms with Crippen LogP contribution in [0.25, 0.3) is 10.9 Å². The van der Waals surface area contributed by atoms with E-state index in [0.29, 0.717) is 31.7 Å². The van der Waals surface area contributed by atoms with Gasteiger partial charge in [-0.1, -0.05) is 18.2 Å². The summed E-state index contributed by atoms with van der Waals surface area (Å²) in [6.45, 7) is 3.93. The van der Waals surface area contributed by atoms with Crippen LogP contribution in [0.1, 0.15) is 28.5 Å². The molecule has 172 valence electrons. The van der Waals surface area contributed by atoms with Gasteiger partial charge in [0.2, 0.25) is 15.9 Å². The Hall–Kier alpha value is -3.17. The number of hydrogen-bond acceptors (Lipinski definition) is 4. The number of hydrogen-bond donors (Lipinski definition) is 1. The van der Waals surface area contributed by atoms with Crippen LogP contribution in [0.2, 0.25) is 0 Å². The predicted molar refractivity (Wildman–Crippen MR) is 124 cm³/mol. The Morgan fingerprint density at radius 1 is 0.879 bits per heavy atom. The first-order chi connectivity index (χ1) is 15.8. The van der Waals surface area contributed by atoms with Gasteiger partial charge in [-0.2, -0.15) is 4.31 Å². The van der Waals surface area contributed by atoms with Crippen LogP contribution in [0.5, 0.6) is 0 Å². The lowest BCUT2D eigenvalue weighted by Crippen LogP contribution is -2.49. The van der Waals surface area contributed by atoms with Crippen molar-refractivity contribution in [2.45, 2.75) is 24.8 Å². The molecule has 8 nitrogen and oxygen atoms in total. The van der Waals surface area contributed by atoms with E-state index in [4.69, 9.17) is 0 Å². The molecule has 9 heteroatoms. The van der Waals surface area contributed by atoms with E-state index in [1.54, 1.807) is 17.0 Å². The molecule has 2 amide bonds. The maximum atomic E-state index is 13.1. The molecule has 1 N–H and O–H groups in total. The number of aromatic nitrogens is 1. The second-order valence-electron chi connectivity index (χ2n) is 8.54. The van der Waals surface area contributed by atoms with Gasteiger partial charge in [0.1, 0.15) is 0 Å². The average molecular weight is 467 g/mol. The van der Waals surface area contributed by atoms with Crippen LogP contribution in [-0.4, -0.2) is 72.0 Å². The molecule has 2 aliphatic heterocycles. The van der Waals surface area contributed by atoms with E-state index in [1.807, 2.05) is 23.1 Å². The number of rotatable bonds is 3. The molecule has 0 spiro atoms. The van der Waals surface area contributed by atoms with Crippen molar-refractivity contribution >= 4 is 32.7 Å². The van der Waals surface area contributed by atoms with Crippen LogP contribution in [0.3, 0.4) is 0 Å². The lowest BCUT2D eigenvalue weighted by Gasteiger charge is -2.33. The standard InChI is InChI=1S/C24H26N4O4S/c1-17(29)26-12-14-28(15-13-26)33(31,32)19-8-6-18(7-9-19)24(30)27-11-10-23-21(16-27)20-4-2-3-5-22(20)25-23/h2-9,25H,10-16H2,1H3. The zero-order valence-corrected chi connectivity index (χ0v) is 19.3. The first-order valence-electron chi connectivity index (χ1n) is 11.1. The number of para-hydroxylation sites is 1. The zero-order valence-electron chi connectivity index (χ0n) is 18.5. The number of amides is 2. The third-order valence-electron chi connectivity index (χ3n) is 6.59. The van der Waals surface area contributed by atoms with E-state index in [-0.39, 0.29) is 29.8 Å². The van der Waals surface area contributed by atoms with E-state index in [9.17, 15) is 18.0 Å². The van der Waals surface area contributed by atoms with Crippen LogP contribution < -0.4 is 0 Å². The summed E-state index contributed by atoms with van der Waals surface area (Å²) in [4.78, 5) is 31.7. The number of piperazine rings is 1. The lowest BCUT2D eigenvalue weighted by molar-refractivity contribution is -0.129. The Bertz CT molecular complexity index is 1320. The second kappa shape index (κ2) is 8.31. The summed E-state index contributed by atoms with van der Waals surface area (Å²) in [6.07, 6.45) is 0.758. The molecule has 1 aromatic heterocycles. The number of sulfonamides is 1. The molecule has 2 aromatic carbocycles. The molecule has 33 heavy (non-hydrogen) atoms. The average Bonchev–Trinajstić information content (AvgIpc) is 3.21. The monoisotopic (exact) mass is 466 g/mol. The minimum atomic E-state index is -3.67. The van der Waals surface area contributed by atoms with E-state index in [1.165, 1.54) is 29.1 Å². The highest BCUT2D eigenvalue weighted by Crippen LogP contribution is 2.28. The van der Waals surface area contributed by atoms with Crippen molar-refractivity contribution < 1.29 is 18.0 Å². The van der Waals surface area contributed by atoms with Gasteiger partial charge >= 0.3 is 0 Å². The Labute approximate surface area is 192 Å². The molecule has 0 aliphatic carbocycles. The summed E-state index contributed by atoms with van der Waals surface area (Å²) < 4.78 is 27.4. The third-order valence-corrected chi connectivity index (χ3v) is 8.51. The van der Waals surface area contributed by atoms with Gasteiger partial charge in [0, 0.05) is 80.3 Å². The summed E-state index contributed by atoms with van der Waals surface area (Å²) in [5, 5.41) is 1.14. The lowest BCUT2D eigenvalue weighted by atomic mass is 10.0. The second-order valence-corrected chi connectivity index (χ2v) is 10.5. The number of nitrogens with one attached hydrogen (secondary N) is 1. The molecule has 3 aromatic rings. The maximum absolute atomic E-state index is 13.1. The summed E-state index contributed by atoms with van der Waals surface area (Å²) in [7, 11) is -3.67. The molecule has 1 saturated heterocycles. The van der Waals surface area contributed by atoms with Crippen LogP contribution in [0.15, 0.2) is 53.4 Å². The fourth-order valence-electron chi connectivity index (χ4n) is 4.68. The van der Waals surface area contributed by atoms with Gasteiger partial charge in [-0.3, -0.25) is 9.59 Å². The fraction of sp³-hybridized carbons (Fsp3) is 0.333. The summed E-state index contributed by atoms with van der Waals surface area (Å²) in [5.41, 5.74) is 3.87. The Balaban J connectivity index is 1.30. The molecule has 5 rings (SSSR count). The van der Waals surface area contributed by atoms with Crippen molar-refractivity contribution in [2.75, 3.05) is 32.7 Å². The third kappa shape index (κ3) is 3.91. The van der Waals surface area contributed by atoms with Gasteiger partial charge in [0.05, 0.1) is 4.90 Å². The summed E-state index contributed by atoms with van der Waals surface area (Å²) in [6, 6.07) is 14.3. The van der Waals surface area contributed by atoms with E-state index in [2.05, 4.69) is 11.1 Å². The Morgan fingerprint density at radius 2 is 1.58 bits per heavy atom. The van der Waals surface area contributed by atoms with Crippen LogP contribution in [0.4, 0.5) is 0 Å². The van der Waals surface area contributed by atoms with Crippen molar-refractivity contribution in [2.24, 2.45) is 0 Å². The molecule has 2 aliphatic rings. The molecule has 0 saturated carbocycles. The van der Waals surface area contributed by atoms with Gasteiger partial charge in [-0.15, -0.1) is 0 Å². The van der Waals surface area contributed by atoms with Gasteiger partial charge in [0.25, 0.3) is 5.91 Å². The number of fused-ring (bicyclic) bond motifs is 3. The normalized spacial score (nSPS) is 17.2. The topological polar surface area (TPSA) is 93.8 Å². The van der Waals surface area contributed by atoms with Crippen molar-refractivity contribution in [3.8, 4) is 0 Å². The minimum absolute atomic E-state index is 0.0487. The van der Waals surface area contributed by atoms with Gasteiger partial charge < -0.3 is 14.8 Å². The van der Waals surface area contributed by atoms with Crippen molar-refractivity contribution in [1.82, 2.24) is 19.1 Å². The zero-order chi connectivity index (χ0) is 23.2. The highest BCUT2D eigenvalue weighted by Gasteiger charge is 2.30. The molecule has 3 heterocycles. The highest BCUT2D eigenvalue weighted by molar-refractivity contribution is 7.89. The van der Waals surface area contributed by atoms with Crippen LogP contribution in [-0.2, 0) is 27.8 Å². The largest absolute Gasteiger partial charge is 0.358 e. The van der Waals surface area contributed by atoms with Crippen molar-refractivity contribution in [3.05, 3.63) is 65.4 Å². The number of aromatic amines is 1. The van der Waals surface area contributed by atoms with E-state index < -0.39 is 10.0 Å². The Kier molecular flexibility index (Phi) is 5.46. The quantitative estimate of drug-likeness (QED) is 0.641. The molecule has 0 unspecified atom stereocenters. The molecular formula is C24H26N4O4S. The Morgan fingerprint density at radius 3 is 2.27 bits per heavy atom. The maximum Gasteiger partial charge on any atom is 0.254 e. The van der Waals surface area contributed by atoms with Gasteiger partial charge in [-0.25, -0.2) is 8.42 Å². The fourth-order valence-corrected chi connectivity index (χ4v) is 6.11. The number of carbonyl (C=O) groups is 2. The number of nitrogens with zero attached hydrogens (tertiary/aromatic N) is 3. The molecule has 0 radical (unpaired) electrons. The van der Waals surface area contributed by atoms with E-state index in [0.717, 1.165) is 22.9 Å². The number of H-pyrrole nitrogens is 1. The number of carbonyl (C=O) groups excluding carboxylic acids is 2. The van der Waals surface area contributed by atoms with Crippen LogP contribution in [0, 0.1) is 0 Å². The minimum Gasteiger partial charge on any atom is -0.358 e. The first kappa shape index (κ1) is 21.7. The summed E-state index contributed by atoms with van der Waals surface area (Å²) in [5.74, 6) is -0.155. The smallest absolute Gasteiger partial charge is 0.254 e. The van der Waals surface area contributed by atoms with Gasteiger partial charge in [-0.05, 0) is 30.3 Å². The van der Waals surface area contributed by atoms with Crippen molar-refractivity contribution in [3.63, 3.8) is 0 Å². The highest BCUT2D eigenvalue weighted by atomic mass is 32.2. The summed E-state index contributed by atoms with van der Waals surface area (Å²) >= 11 is 0. The first-order valence-corrected chi connectivity index (χ1v) is 12.5. The van der Waals surface area contributed by atoms with Gasteiger partial charge in [0.15, 0.2) is 0 Å². The van der Waals surface area contributed by atoms with Crippen LogP contribution >= 0.6 is 0 Å². The van der Waals surface area contributed by atoms with E-state index >= 15 is 0 Å². The predicted octanol–water partition coefficient (Wildman–Crippen LogP) is 2.22. The molecular weight excluding hydrogens is 440 g/mol. The SMILES string of the molecule is CC(=O)N1CCN(S(=O)(=O)c2ccc(C(=O)N3CCc4[nH]c5ccccc5c4C3)cc2)CC1. The molecule has 0 atom stereocenters. The number of benzene rings is 2. The molecule has 1 fully saturated rings.